The first-order valence-corrected chi connectivity index (χ1v) is 8.18. The Labute approximate surface area is 111 Å². The molecular formula is C9H13N2O6PS. The fourth-order valence-electron chi connectivity index (χ4n) is 1.36. The molecule has 1 atom stereocenters. The Morgan fingerprint density at radius 1 is 1.53 bits per heavy atom. The average Bonchev–Trinajstić information content (AvgIpc) is 2.26. The molecule has 3 N–H and O–H groups in total. The third-order valence-electron chi connectivity index (χ3n) is 2.16. The highest BCUT2D eigenvalue weighted by molar-refractivity contribution is 7.90. The smallest absolute Gasteiger partial charge is 0.304 e. The lowest BCUT2D eigenvalue weighted by Gasteiger charge is -2.12. The molecule has 0 aliphatic carbocycles. The zero-order chi connectivity index (χ0) is 14.8. The Kier molecular flexibility index (Phi) is 4.81. The van der Waals surface area contributed by atoms with E-state index in [9.17, 15) is 23.4 Å². The largest absolute Gasteiger partial charge is 0.393 e. The number of benzene rings is 1. The molecule has 0 heterocycles. The van der Waals surface area contributed by atoms with Gasteiger partial charge in [-0.3, -0.25) is 10.1 Å². The van der Waals surface area contributed by atoms with E-state index in [1.165, 1.54) is 0 Å². The molecule has 8 nitrogen and oxygen atoms in total. The second kappa shape index (κ2) is 5.79. The molecule has 19 heavy (non-hydrogen) atoms. The van der Waals surface area contributed by atoms with Gasteiger partial charge in [0.1, 0.15) is 11.0 Å². The maximum atomic E-state index is 11.5. The maximum Gasteiger partial charge on any atom is 0.304 e. The van der Waals surface area contributed by atoms with Crippen molar-refractivity contribution < 1.29 is 22.8 Å². The Bertz CT molecular complexity index is 603. The summed E-state index contributed by atoms with van der Waals surface area (Å²) in [7, 11) is -5.89. The molecule has 0 aliphatic heterocycles. The van der Waals surface area contributed by atoms with E-state index in [2.05, 4.69) is 0 Å². The Balaban J connectivity index is 3.55. The van der Waals surface area contributed by atoms with Gasteiger partial charge in [-0.05, 0) is 19.1 Å². The van der Waals surface area contributed by atoms with Gasteiger partial charge in [-0.2, -0.15) is 0 Å². The molecule has 1 unspecified atom stereocenters. The molecule has 0 fully saturated rings. The van der Waals surface area contributed by atoms with Crippen molar-refractivity contribution >= 4 is 34.9 Å². The molecule has 0 bridgehead atoms. The van der Waals surface area contributed by atoms with Gasteiger partial charge in [0.05, 0.1) is 16.4 Å². The van der Waals surface area contributed by atoms with Gasteiger partial charge in [-0.25, -0.2) is 8.42 Å². The first-order valence-electron chi connectivity index (χ1n) is 5.08. The first-order chi connectivity index (χ1) is 8.68. The molecule has 0 aliphatic rings. The van der Waals surface area contributed by atoms with Crippen LogP contribution in [0.3, 0.4) is 0 Å². The van der Waals surface area contributed by atoms with Crippen LogP contribution in [0.5, 0.6) is 0 Å². The van der Waals surface area contributed by atoms with Crippen LogP contribution >= 0.6 is 8.38 Å². The van der Waals surface area contributed by atoms with Crippen molar-refractivity contribution in [2.75, 3.05) is 18.6 Å². The van der Waals surface area contributed by atoms with Crippen LogP contribution in [0.1, 0.15) is 6.92 Å². The molecule has 0 aromatic heterocycles. The lowest BCUT2D eigenvalue weighted by atomic mass is 10.3. The molecule has 0 saturated heterocycles. The highest BCUT2D eigenvalue weighted by Crippen LogP contribution is 2.38. The number of nitro benzene ring substituents is 1. The summed E-state index contributed by atoms with van der Waals surface area (Å²) in [6.07, 6.45) is 0.942. The summed E-state index contributed by atoms with van der Waals surface area (Å²) in [5, 5.41) is 10.7. The summed E-state index contributed by atoms with van der Waals surface area (Å²) in [6, 6.07) is 2.01. The van der Waals surface area contributed by atoms with Gasteiger partial charge >= 0.3 is 5.69 Å². The number of hydrogen-bond donors (Lipinski definition) is 2. The van der Waals surface area contributed by atoms with Gasteiger partial charge < -0.3 is 15.2 Å². The van der Waals surface area contributed by atoms with Gasteiger partial charge in [0.15, 0.2) is 9.84 Å². The standard InChI is InChI=1S/C9H13N2O6PS/c1-3-17-18(14)8-5-6(19(2,15)16)4-7(10)9(8)11(12)13/h4-5,14H,3,10H2,1-2H3. The van der Waals surface area contributed by atoms with E-state index < -0.39 is 28.8 Å². The minimum Gasteiger partial charge on any atom is -0.393 e. The van der Waals surface area contributed by atoms with Crippen molar-refractivity contribution in [2.45, 2.75) is 11.8 Å². The average molecular weight is 308 g/mol. The minimum atomic E-state index is -3.60. The van der Waals surface area contributed by atoms with Crippen molar-refractivity contribution in [2.24, 2.45) is 0 Å². The van der Waals surface area contributed by atoms with Crippen molar-refractivity contribution in [3.63, 3.8) is 0 Å². The highest BCUT2D eigenvalue weighted by atomic mass is 32.2. The maximum absolute atomic E-state index is 11.5. The van der Waals surface area contributed by atoms with E-state index >= 15 is 0 Å². The number of nitrogens with zero attached hydrogens (tertiary/aromatic N) is 1. The number of anilines is 1. The summed E-state index contributed by atoms with van der Waals surface area (Å²) < 4.78 is 27.8. The molecule has 0 radical (unpaired) electrons. The van der Waals surface area contributed by atoms with Crippen LogP contribution in [0.4, 0.5) is 11.4 Å². The molecule has 1 aromatic rings. The molecule has 0 spiro atoms. The second-order valence-corrected chi connectivity index (χ2v) is 6.90. The molecule has 10 heteroatoms. The summed E-state index contributed by atoms with van der Waals surface area (Å²) in [6.45, 7) is 1.73. The zero-order valence-electron chi connectivity index (χ0n) is 10.2. The van der Waals surface area contributed by atoms with Crippen LogP contribution in [0.2, 0.25) is 0 Å². The van der Waals surface area contributed by atoms with Crippen molar-refractivity contribution in [1.82, 2.24) is 0 Å². The van der Waals surface area contributed by atoms with Crippen molar-refractivity contribution in [3.8, 4) is 0 Å². The fourth-order valence-corrected chi connectivity index (χ4v) is 3.15. The normalized spacial score (nSPS) is 13.2. The number of sulfone groups is 1. The second-order valence-electron chi connectivity index (χ2n) is 3.60. The summed E-state index contributed by atoms with van der Waals surface area (Å²) >= 11 is 0. The van der Waals surface area contributed by atoms with Crippen molar-refractivity contribution in [1.29, 1.82) is 0 Å². The number of nitrogens with two attached hydrogens (primary N) is 1. The SMILES string of the molecule is CCOP(O)c1cc(S(C)(=O)=O)cc(N)c1[N+](=O)[O-]. The Morgan fingerprint density at radius 2 is 2.11 bits per heavy atom. The number of hydrogen-bond acceptors (Lipinski definition) is 7. The van der Waals surface area contributed by atoms with E-state index in [-0.39, 0.29) is 22.5 Å². The van der Waals surface area contributed by atoms with Crippen LogP contribution in [0.15, 0.2) is 17.0 Å². The van der Waals surface area contributed by atoms with Gasteiger partial charge in [0.25, 0.3) is 0 Å². The summed E-state index contributed by atoms with van der Waals surface area (Å²) in [4.78, 5) is 19.7. The van der Waals surface area contributed by atoms with E-state index in [0.717, 1.165) is 18.4 Å². The number of nitro groups is 1. The van der Waals surface area contributed by atoms with Crippen LogP contribution in [-0.4, -0.2) is 31.1 Å². The van der Waals surface area contributed by atoms with E-state index in [0.29, 0.717) is 0 Å². The summed E-state index contributed by atoms with van der Waals surface area (Å²) in [5.41, 5.74) is 4.63. The fraction of sp³-hybridized carbons (Fsp3) is 0.333. The van der Waals surface area contributed by atoms with Gasteiger partial charge in [0, 0.05) is 6.26 Å². The zero-order valence-corrected chi connectivity index (χ0v) is 11.9. The van der Waals surface area contributed by atoms with E-state index in [4.69, 9.17) is 10.3 Å². The van der Waals surface area contributed by atoms with Gasteiger partial charge in [-0.15, -0.1) is 0 Å². The highest BCUT2D eigenvalue weighted by Gasteiger charge is 2.28. The van der Waals surface area contributed by atoms with Gasteiger partial charge in [0.2, 0.25) is 8.38 Å². The predicted octanol–water partition coefficient (Wildman–Crippen LogP) is 0.546. The topological polar surface area (TPSA) is 133 Å². The Morgan fingerprint density at radius 3 is 2.53 bits per heavy atom. The number of nitrogen functional groups attached to an aromatic ring is 1. The van der Waals surface area contributed by atoms with Crippen LogP contribution in [0.25, 0.3) is 0 Å². The first kappa shape index (κ1) is 15.8. The summed E-state index contributed by atoms with van der Waals surface area (Å²) in [5.74, 6) is 0. The van der Waals surface area contributed by atoms with Crippen molar-refractivity contribution in [3.05, 3.63) is 22.2 Å². The monoisotopic (exact) mass is 308 g/mol. The Hall–Kier alpha value is -1.28. The van der Waals surface area contributed by atoms with Crippen LogP contribution in [-0.2, 0) is 14.4 Å². The van der Waals surface area contributed by atoms with Crippen LogP contribution < -0.4 is 11.0 Å². The predicted molar refractivity (Wildman–Crippen MR) is 71.0 cm³/mol. The third-order valence-corrected chi connectivity index (χ3v) is 4.51. The lowest BCUT2D eigenvalue weighted by molar-refractivity contribution is -0.382. The van der Waals surface area contributed by atoms with Crippen LogP contribution in [0, 0.1) is 10.1 Å². The van der Waals surface area contributed by atoms with Gasteiger partial charge in [-0.1, -0.05) is 0 Å². The molecule has 1 rings (SSSR count). The lowest BCUT2D eigenvalue weighted by Crippen LogP contribution is -2.15. The third kappa shape index (κ3) is 3.60. The molecule has 0 amide bonds. The molecule has 106 valence electrons. The minimum absolute atomic E-state index is 0.127. The number of rotatable bonds is 5. The molecular weight excluding hydrogens is 295 g/mol. The quantitative estimate of drug-likeness (QED) is 0.351. The van der Waals surface area contributed by atoms with E-state index in [1.807, 2.05) is 0 Å². The van der Waals surface area contributed by atoms with E-state index in [1.54, 1.807) is 6.92 Å². The molecule has 0 saturated carbocycles. The molecule has 1 aromatic carbocycles.